The number of hydrogen-bond donors (Lipinski definition) is 1. The van der Waals surface area contributed by atoms with Crippen LogP contribution in [0.3, 0.4) is 0 Å². The fourth-order valence-electron chi connectivity index (χ4n) is 1.57. The highest BCUT2D eigenvalue weighted by molar-refractivity contribution is 5.65. The van der Waals surface area contributed by atoms with Gasteiger partial charge in [0, 0.05) is 11.8 Å². The van der Waals surface area contributed by atoms with Crippen molar-refractivity contribution in [3.8, 4) is 11.1 Å². The standard InChI is InChI=1S/C13H14N2/c1-9-4-3-5-11(6-9)12-7-10(2)13(14)15-8-12/h3-8H,1-2H3,(H2,14,15). The number of anilines is 1. The first kappa shape index (κ1) is 9.71. The molecule has 2 N–H and O–H groups in total. The summed E-state index contributed by atoms with van der Waals surface area (Å²) in [6.07, 6.45) is 1.82. The van der Waals surface area contributed by atoms with E-state index in [1.165, 1.54) is 11.1 Å². The van der Waals surface area contributed by atoms with E-state index in [-0.39, 0.29) is 0 Å². The van der Waals surface area contributed by atoms with E-state index in [1.807, 2.05) is 13.1 Å². The summed E-state index contributed by atoms with van der Waals surface area (Å²) in [5.41, 5.74) is 10.3. The lowest BCUT2D eigenvalue weighted by Crippen LogP contribution is -1.93. The van der Waals surface area contributed by atoms with Crippen LogP contribution in [0.2, 0.25) is 0 Å². The largest absolute Gasteiger partial charge is 0.383 e. The molecule has 76 valence electrons. The minimum absolute atomic E-state index is 0.603. The van der Waals surface area contributed by atoms with Crippen LogP contribution in [0.5, 0.6) is 0 Å². The normalized spacial score (nSPS) is 10.3. The molecule has 0 saturated carbocycles. The van der Waals surface area contributed by atoms with Crippen molar-refractivity contribution in [1.29, 1.82) is 0 Å². The van der Waals surface area contributed by atoms with Crippen molar-refractivity contribution in [3.63, 3.8) is 0 Å². The summed E-state index contributed by atoms with van der Waals surface area (Å²) in [4.78, 5) is 4.16. The lowest BCUT2D eigenvalue weighted by atomic mass is 10.0. The molecule has 0 fully saturated rings. The molecular formula is C13H14N2. The van der Waals surface area contributed by atoms with Gasteiger partial charge in [0.2, 0.25) is 0 Å². The second-order valence-electron chi connectivity index (χ2n) is 3.80. The average molecular weight is 198 g/mol. The third-order valence-electron chi connectivity index (χ3n) is 2.47. The van der Waals surface area contributed by atoms with E-state index >= 15 is 0 Å². The maximum Gasteiger partial charge on any atom is 0.126 e. The number of nitrogens with two attached hydrogens (primary N) is 1. The molecule has 0 atom stereocenters. The van der Waals surface area contributed by atoms with Gasteiger partial charge in [-0.3, -0.25) is 0 Å². The molecule has 0 saturated heterocycles. The van der Waals surface area contributed by atoms with Gasteiger partial charge in [-0.2, -0.15) is 0 Å². The molecule has 0 aliphatic carbocycles. The van der Waals surface area contributed by atoms with Crippen molar-refractivity contribution in [1.82, 2.24) is 4.98 Å². The van der Waals surface area contributed by atoms with Gasteiger partial charge >= 0.3 is 0 Å². The van der Waals surface area contributed by atoms with Crippen molar-refractivity contribution in [2.45, 2.75) is 13.8 Å². The van der Waals surface area contributed by atoms with Gasteiger partial charge in [0.05, 0.1) is 0 Å². The number of aromatic nitrogens is 1. The minimum Gasteiger partial charge on any atom is -0.383 e. The molecule has 1 heterocycles. The lowest BCUT2D eigenvalue weighted by Gasteiger charge is -2.05. The molecule has 2 nitrogen and oxygen atoms in total. The Hall–Kier alpha value is -1.83. The molecule has 0 amide bonds. The smallest absolute Gasteiger partial charge is 0.126 e. The van der Waals surface area contributed by atoms with E-state index in [0.717, 1.165) is 11.1 Å². The Balaban J connectivity index is 2.50. The molecule has 0 aliphatic rings. The fourth-order valence-corrected chi connectivity index (χ4v) is 1.57. The Morgan fingerprint density at radius 2 is 1.87 bits per heavy atom. The summed E-state index contributed by atoms with van der Waals surface area (Å²) in [5.74, 6) is 0.603. The summed E-state index contributed by atoms with van der Waals surface area (Å²) in [6, 6.07) is 10.4. The molecule has 0 aliphatic heterocycles. The van der Waals surface area contributed by atoms with Crippen molar-refractivity contribution in [2.24, 2.45) is 0 Å². The van der Waals surface area contributed by atoms with Crippen LogP contribution < -0.4 is 5.73 Å². The number of rotatable bonds is 1. The van der Waals surface area contributed by atoms with Crippen LogP contribution in [0.1, 0.15) is 11.1 Å². The van der Waals surface area contributed by atoms with Gasteiger partial charge in [-0.25, -0.2) is 4.98 Å². The van der Waals surface area contributed by atoms with Gasteiger partial charge in [0.1, 0.15) is 5.82 Å². The molecule has 0 spiro atoms. The molecule has 2 aromatic rings. The number of pyridine rings is 1. The van der Waals surface area contributed by atoms with Crippen LogP contribution in [0.4, 0.5) is 5.82 Å². The Morgan fingerprint density at radius 1 is 1.07 bits per heavy atom. The van der Waals surface area contributed by atoms with E-state index in [0.29, 0.717) is 5.82 Å². The lowest BCUT2D eigenvalue weighted by molar-refractivity contribution is 1.28. The Labute approximate surface area is 89.8 Å². The van der Waals surface area contributed by atoms with Crippen LogP contribution in [0.25, 0.3) is 11.1 Å². The van der Waals surface area contributed by atoms with Crippen LogP contribution in [0.15, 0.2) is 36.5 Å². The van der Waals surface area contributed by atoms with Crippen LogP contribution >= 0.6 is 0 Å². The third kappa shape index (κ3) is 1.99. The first-order chi connectivity index (χ1) is 7.16. The first-order valence-corrected chi connectivity index (χ1v) is 4.96. The van der Waals surface area contributed by atoms with Crippen LogP contribution in [-0.2, 0) is 0 Å². The van der Waals surface area contributed by atoms with E-state index in [2.05, 4.69) is 42.2 Å². The first-order valence-electron chi connectivity index (χ1n) is 4.96. The SMILES string of the molecule is Cc1cccc(-c2cnc(N)c(C)c2)c1. The maximum atomic E-state index is 5.69. The predicted molar refractivity (Wildman–Crippen MR) is 63.6 cm³/mol. The molecule has 1 aromatic carbocycles. The second-order valence-corrected chi connectivity index (χ2v) is 3.80. The van der Waals surface area contributed by atoms with Crippen molar-refractivity contribution < 1.29 is 0 Å². The molecule has 2 rings (SSSR count). The maximum absolute atomic E-state index is 5.69. The fraction of sp³-hybridized carbons (Fsp3) is 0.154. The quantitative estimate of drug-likeness (QED) is 0.765. The summed E-state index contributed by atoms with van der Waals surface area (Å²) >= 11 is 0. The van der Waals surface area contributed by atoms with E-state index in [1.54, 1.807) is 0 Å². The van der Waals surface area contributed by atoms with Crippen molar-refractivity contribution in [2.75, 3.05) is 5.73 Å². The highest BCUT2D eigenvalue weighted by atomic mass is 14.8. The zero-order valence-electron chi connectivity index (χ0n) is 8.99. The number of aryl methyl sites for hydroxylation is 2. The zero-order valence-corrected chi connectivity index (χ0v) is 8.99. The van der Waals surface area contributed by atoms with Crippen LogP contribution in [0, 0.1) is 13.8 Å². The monoisotopic (exact) mass is 198 g/mol. The molecule has 2 heteroatoms. The summed E-state index contributed by atoms with van der Waals surface area (Å²) in [5, 5.41) is 0. The van der Waals surface area contributed by atoms with Crippen LogP contribution in [-0.4, -0.2) is 4.98 Å². The molecule has 15 heavy (non-hydrogen) atoms. The predicted octanol–water partition coefficient (Wildman–Crippen LogP) is 2.95. The van der Waals surface area contributed by atoms with Gasteiger partial charge in [-0.05, 0) is 31.0 Å². The minimum atomic E-state index is 0.603. The Morgan fingerprint density at radius 3 is 2.53 bits per heavy atom. The van der Waals surface area contributed by atoms with E-state index in [9.17, 15) is 0 Å². The highest BCUT2D eigenvalue weighted by Gasteiger charge is 2.00. The summed E-state index contributed by atoms with van der Waals surface area (Å²) < 4.78 is 0. The topological polar surface area (TPSA) is 38.9 Å². The van der Waals surface area contributed by atoms with E-state index < -0.39 is 0 Å². The number of hydrogen-bond acceptors (Lipinski definition) is 2. The van der Waals surface area contributed by atoms with Crippen molar-refractivity contribution in [3.05, 3.63) is 47.7 Å². The van der Waals surface area contributed by atoms with Gasteiger partial charge < -0.3 is 5.73 Å². The summed E-state index contributed by atoms with van der Waals surface area (Å²) in [7, 11) is 0. The van der Waals surface area contributed by atoms with Gasteiger partial charge in [0.15, 0.2) is 0 Å². The molecule has 0 bridgehead atoms. The molecule has 0 unspecified atom stereocenters. The summed E-state index contributed by atoms with van der Waals surface area (Å²) in [6.45, 7) is 4.06. The third-order valence-corrected chi connectivity index (χ3v) is 2.47. The number of nitrogen functional groups attached to an aromatic ring is 1. The van der Waals surface area contributed by atoms with Gasteiger partial charge in [-0.1, -0.05) is 29.8 Å². The van der Waals surface area contributed by atoms with Gasteiger partial charge in [0.25, 0.3) is 0 Å². The number of benzene rings is 1. The van der Waals surface area contributed by atoms with Crippen molar-refractivity contribution >= 4 is 5.82 Å². The number of nitrogens with zero attached hydrogens (tertiary/aromatic N) is 1. The van der Waals surface area contributed by atoms with Gasteiger partial charge in [-0.15, -0.1) is 0 Å². The van der Waals surface area contributed by atoms with E-state index in [4.69, 9.17) is 5.73 Å². The second kappa shape index (κ2) is 3.73. The molecule has 0 radical (unpaired) electrons. The Kier molecular flexibility index (Phi) is 2.42. The zero-order chi connectivity index (χ0) is 10.8. The highest BCUT2D eigenvalue weighted by Crippen LogP contribution is 2.22. The molecular weight excluding hydrogens is 184 g/mol. The average Bonchev–Trinajstić information content (AvgIpc) is 2.22. The molecule has 1 aromatic heterocycles. The Bertz CT molecular complexity index is 490.